The summed E-state index contributed by atoms with van der Waals surface area (Å²) in [5, 5.41) is 3.34. The molecule has 1 unspecified atom stereocenters. The first-order chi connectivity index (χ1) is 9.69. The SMILES string of the molecule is CCCNC(c1ccoc1Br)c1cccc(OC)c1F. The highest BCUT2D eigenvalue weighted by Crippen LogP contribution is 2.33. The molecule has 0 spiro atoms. The van der Waals surface area contributed by atoms with E-state index in [0.717, 1.165) is 18.5 Å². The van der Waals surface area contributed by atoms with E-state index in [4.69, 9.17) is 9.15 Å². The van der Waals surface area contributed by atoms with Gasteiger partial charge < -0.3 is 14.5 Å². The standard InChI is InChI=1S/C15H17BrFNO2/c1-3-8-18-14(11-7-9-20-15(11)16)10-5-4-6-12(19-2)13(10)17/h4-7,9,14,18H,3,8H2,1-2H3. The average molecular weight is 342 g/mol. The van der Waals surface area contributed by atoms with Gasteiger partial charge in [-0.05, 0) is 41.0 Å². The smallest absolute Gasteiger partial charge is 0.174 e. The summed E-state index contributed by atoms with van der Waals surface area (Å²) in [6.07, 6.45) is 2.54. The molecule has 0 aliphatic carbocycles. The molecule has 0 bridgehead atoms. The monoisotopic (exact) mass is 341 g/mol. The highest BCUT2D eigenvalue weighted by Gasteiger charge is 2.23. The average Bonchev–Trinajstić information content (AvgIpc) is 2.87. The van der Waals surface area contributed by atoms with Gasteiger partial charge in [0, 0.05) is 11.1 Å². The molecule has 1 aromatic heterocycles. The maximum atomic E-state index is 14.5. The van der Waals surface area contributed by atoms with Gasteiger partial charge >= 0.3 is 0 Å². The minimum Gasteiger partial charge on any atom is -0.494 e. The first-order valence-electron chi connectivity index (χ1n) is 6.47. The lowest BCUT2D eigenvalue weighted by atomic mass is 10.00. The summed E-state index contributed by atoms with van der Waals surface area (Å²) in [7, 11) is 1.46. The molecule has 1 aromatic carbocycles. The number of hydrogen-bond donors (Lipinski definition) is 1. The van der Waals surface area contributed by atoms with E-state index in [1.807, 2.05) is 6.07 Å². The van der Waals surface area contributed by atoms with Crippen LogP contribution in [0.2, 0.25) is 0 Å². The van der Waals surface area contributed by atoms with Gasteiger partial charge in [-0.2, -0.15) is 0 Å². The van der Waals surface area contributed by atoms with Crippen LogP contribution in [0.3, 0.4) is 0 Å². The topological polar surface area (TPSA) is 34.4 Å². The van der Waals surface area contributed by atoms with Crippen molar-refractivity contribution in [1.29, 1.82) is 0 Å². The third kappa shape index (κ3) is 3.04. The second-order valence-electron chi connectivity index (χ2n) is 4.40. The van der Waals surface area contributed by atoms with Crippen molar-refractivity contribution in [1.82, 2.24) is 5.32 Å². The fraction of sp³-hybridized carbons (Fsp3) is 0.333. The molecule has 3 nitrogen and oxygen atoms in total. The first kappa shape index (κ1) is 15.1. The lowest BCUT2D eigenvalue weighted by molar-refractivity contribution is 0.381. The van der Waals surface area contributed by atoms with Crippen molar-refractivity contribution >= 4 is 15.9 Å². The molecule has 2 rings (SSSR count). The molecule has 0 saturated carbocycles. The molecule has 0 amide bonds. The van der Waals surface area contributed by atoms with E-state index in [1.165, 1.54) is 7.11 Å². The second kappa shape index (κ2) is 6.90. The van der Waals surface area contributed by atoms with Gasteiger partial charge in [0.25, 0.3) is 0 Å². The van der Waals surface area contributed by atoms with E-state index in [1.54, 1.807) is 24.5 Å². The third-order valence-electron chi connectivity index (χ3n) is 3.08. The predicted octanol–water partition coefficient (Wildman–Crippen LogP) is 4.28. The number of hydrogen-bond acceptors (Lipinski definition) is 3. The van der Waals surface area contributed by atoms with Gasteiger partial charge in [0.2, 0.25) is 0 Å². The van der Waals surface area contributed by atoms with Crippen LogP contribution in [0.15, 0.2) is 39.6 Å². The Balaban J connectivity index is 2.44. The van der Waals surface area contributed by atoms with Crippen LogP contribution in [0.5, 0.6) is 5.75 Å². The quantitative estimate of drug-likeness (QED) is 0.851. The zero-order valence-corrected chi connectivity index (χ0v) is 13.0. The van der Waals surface area contributed by atoms with Gasteiger partial charge in [0.1, 0.15) is 0 Å². The molecule has 1 heterocycles. The Morgan fingerprint density at radius 3 is 2.75 bits per heavy atom. The molecule has 1 N–H and O–H groups in total. The van der Waals surface area contributed by atoms with Crippen LogP contribution in [-0.4, -0.2) is 13.7 Å². The number of halogens is 2. The highest BCUT2D eigenvalue weighted by atomic mass is 79.9. The van der Waals surface area contributed by atoms with Gasteiger partial charge in [0.15, 0.2) is 16.2 Å². The molecule has 20 heavy (non-hydrogen) atoms. The zero-order valence-electron chi connectivity index (χ0n) is 11.5. The van der Waals surface area contributed by atoms with Crippen molar-refractivity contribution in [3.8, 4) is 5.75 Å². The van der Waals surface area contributed by atoms with Gasteiger partial charge in [0.05, 0.1) is 19.4 Å². The number of rotatable bonds is 6. The van der Waals surface area contributed by atoms with Crippen molar-refractivity contribution < 1.29 is 13.5 Å². The molecule has 0 fully saturated rings. The first-order valence-corrected chi connectivity index (χ1v) is 7.27. The lowest BCUT2D eigenvalue weighted by Crippen LogP contribution is -2.24. The number of nitrogens with one attached hydrogen (secondary N) is 1. The van der Waals surface area contributed by atoms with Crippen LogP contribution in [0, 0.1) is 5.82 Å². The van der Waals surface area contributed by atoms with Gasteiger partial charge in [-0.15, -0.1) is 0 Å². The molecule has 0 aliphatic heterocycles. The maximum Gasteiger partial charge on any atom is 0.174 e. The van der Waals surface area contributed by atoms with E-state index in [0.29, 0.717) is 10.2 Å². The molecule has 108 valence electrons. The molecule has 0 radical (unpaired) electrons. The minimum absolute atomic E-state index is 0.241. The van der Waals surface area contributed by atoms with Gasteiger partial charge in [-0.3, -0.25) is 0 Å². The van der Waals surface area contributed by atoms with Crippen molar-refractivity contribution in [2.75, 3.05) is 13.7 Å². The van der Waals surface area contributed by atoms with Crippen LogP contribution in [-0.2, 0) is 0 Å². The molecule has 2 aromatic rings. The van der Waals surface area contributed by atoms with Crippen molar-refractivity contribution in [3.63, 3.8) is 0 Å². The van der Waals surface area contributed by atoms with Crippen LogP contribution < -0.4 is 10.1 Å². The zero-order chi connectivity index (χ0) is 14.5. The Kier molecular flexibility index (Phi) is 5.20. The number of ether oxygens (including phenoxy) is 1. The summed E-state index contributed by atoms with van der Waals surface area (Å²) < 4.78 is 25.4. The molecule has 0 aliphatic rings. The van der Waals surface area contributed by atoms with Crippen LogP contribution >= 0.6 is 15.9 Å². The van der Waals surface area contributed by atoms with Crippen molar-refractivity contribution in [2.24, 2.45) is 0 Å². The van der Waals surface area contributed by atoms with Crippen molar-refractivity contribution in [3.05, 3.63) is 52.1 Å². The Morgan fingerprint density at radius 1 is 1.35 bits per heavy atom. The summed E-state index contributed by atoms with van der Waals surface area (Å²) in [4.78, 5) is 0. The minimum atomic E-state index is -0.350. The Labute approximate surface area is 126 Å². The fourth-order valence-corrected chi connectivity index (χ4v) is 2.56. The van der Waals surface area contributed by atoms with Gasteiger partial charge in [-0.1, -0.05) is 19.1 Å². The Morgan fingerprint density at radius 2 is 2.15 bits per heavy atom. The summed E-state index contributed by atoms with van der Waals surface area (Å²) in [6.45, 7) is 2.84. The van der Waals surface area contributed by atoms with Crippen LogP contribution in [0.4, 0.5) is 4.39 Å². The maximum absolute atomic E-state index is 14.5. The summed E-state index contributed by atoms with van der Waals surface area (Å²) in [5.74, 6) is -0.109. The Hall–Kier alpha value is -1.33. The predicted molar refractivity (Wildman–Crippen MR) is 79.5 cm³/mol. The third-order valence-corrected chi connectivity index (χ3v) is 3.72. The number of furan rings is 1. The summed E-state index contributed by atoms with van der Waals surface area (Å²) in [6, 6.07) is 6.70. The normalized spacial score (nSPS) is 12.4. The molecular formula is C15H17BrFNO2. The van der Waals surface area contributed by atoms with E-state index < -0.39 is 0 Å². The fourth-order valence-electron chi connectivity index (χ4n) is 2.09. The van der Waals surface area contributed by atoms with Gasteiger partial charge in [-0.25, -0.2) is 4.39 Å². The van der Waals surface area contributed by atoms with E-state index in [9.17, 15) is 4.39 Å². The van der Waals surface area contributed by atoms with Crippen LogP contribution in [0.25, 0.3) is 0 Å². The van der Waals surface area contributed by atoms with E-state index in [2.05, 4.69) is 28.2 Å². The van der Waals surface area contributed by atoms with E-state index in [-0.39, 0.29) is 17.6 Å². The number of benzene rings is 1. The van der Waals surface area contributed by atoms with Crippen molar-refractivity contribution in [2.45, 2.75) is 19.4 Å². The highest BCUT2D eigenvalue weighted by molar-refractivity contribution is 9.10. The molecule has 0 saturated heterocycles. The lowest BCUT2D eigenvalue weighted by Gasteiger charge is -2.19. The molecule has 1 atom stereocenters. The second-order valence-corrected chi connectivity index (χ2v) is 5.12. The Bertz CT molecular complexity index is 571. The molecular weight excluding hydrogens is 325 g/mol. The van der Waals surface area contributed by atoms with Crippen LogP contribution in [0.1, 0.15) is 30.5 Å². The molecule has 5 heteroatoms. The van der Waals surface area contributed by atoms with E-state index >= 15 is 0 Å². The largest absolute Gasteiger partial charge is 0.494 e. The number of methoxy groups -OCH3 is 1. The summed E-state index contributed by atoms with van der Waals surface area (Å²) in [5.41, 5.74) is 1.41. The summed E-state index contributed by atoms with van der Waals surface area (Å²) >= 11 is 3.36.